The molecule has 0 aliphatic rings. The van der Waals surface area contributed by atoms with Crippen LogP contribution in [0.1, 0.15) is 25.0 Å². The Hall–Kier alpha value is -5.57. The monoisotopic (exact) mass is 686 g/mol. The Bertz CT molecular complexity index is 1440. The van der Waals surface area contributed by atoms with Crippen LogP contribution < -0.4 is 0 Å². The Morgan fingerprint density at radius 2 is 0.469 bits per heavy atom. The van der Waals surface area contributed by atoms with Crippen LogP contribution in [0.3, 0.4) is 0 Å². The smallest absolute Gasteiger partial charge is 0.324 e. The van der Waals surface area contributed by atoms with E-state index in [2.05, 4.69) is 13.8 Å². The van der Waals surface area contributed by atoms with Crippen LogP contribution in [0.4, 0.5) is 0 Å². The van der Waals surface area contributed by atoms with Gasteiger partial charge in [-0.05, 0) is 83.9 Å². The lowest BCUT2D eigenvalue weighted by atomic mass is 9.78. The number of aromatic hydroxyl groups is 6. The average Bonchev–Trinajstić information content (AvgIpc) is 3.08. The van der Waals surface area contributed by atoms with Gasteiger partial charge in [0, 0.05) is 5.41 Å². The molecule has 9 N–H and O–H groups in total. The van der Waals surface area contributed by atoms with Crippen LogP contribution in [0.2, 0.25) is 0 Å². The van der Waals surface area contributed by atoms with Gasteiger partial charge in [-0.15, -0.1) is 0 Å². The van der Waals surface area contributed by atoms with Gasteiger partial charge in [-0.1, -0.05) is 111 Å². The van der Waals surface area contributed by atoms with Crippen molar-refractivity contribution in [3.63, 3.8) is 0 Å². The van der Waals surface area contributed by atoms with Gasteiger partial charge in [0.05, 0.1) is 0 Å². The van der Waals surface area contributed by atoms with Gasteiger partial charge in [-0.25, -0.2) is 0 Å². The SMILES string of the molecule is CC(C)(c1ccc(O)cc1)c1ccc(O)cc1.OP(O)O.Oc1ccccc1.Oc1ccccc1.Oc1ccccc1.Oc1ccccc1. The highest BCUT2D eigenvalue weighted by atomic mass is 31.2. The molecular weight excluding hydrogens is 643 g/mol. The second-order valence-corrected chi connectivity index (χ2v) is 10.9. The molecule has 10 heteroatoms. The second-order valence-electron chi connectivity index (χ2n) is 10.3. The number of benzene rings is 6. The maximum absolute atomic E-state index is 9.30. The lowest BCUT2D eigenvalue weighted by molar-refractivity contribution is 0.368. The van der Waals surface area contributed by atoms with Crippen LogP contribution in [0.15, 0.2) is 170 Å². The molecule has 0 heterocycles. The van der Waals surface area contributed by atoms with Crippen molar-refractivity contribution in [2.75, 3.05) is 0 Å². The number of phenols is 6. The quantitative estimate of drug-likeness (QED) is 0.0811. The maximum atomic E-state index is 9.30. The van der Waals surface area contributed by atoms with Crippen molar-refractivity contribution in [2.24, 2.45) is 0 Å². The van der Waals surface area contributed by atoms with Crippen LogP contribution >= 0.6 is 8.60 Å². The third-order valence-electron chi connectivity index (χ3n) is 6.20. The summed E-state index contributed by atoms with van der Waals surface area (Å²) in [4.78, 5) is 21.7. The summed E-state index contributed by atoms with van der Waals surface area (Å²) in [6.07, 6.45) is 0. The summed E-state index contributed by atoms with van der Waals surface area (Å²) < 4.78 is 0. The zero-order valence-electron chi connectivity index (χ0n) is 27.1. The van der Waals surface area contributed by atoms with E-state index in [1.807, 2.05) is 48.5 Å². The normalized spacial score (nSPS) is 9.59. The molecular formula is C39H43O9P. The first kappa shape index (κ1) is 41.5. The molecule has 49 heavy (non-hydrogen) atoms. The fourth-order valence-electron chi connectivity index (χ4n) is 3.63. The minimum absolute atomic E-state index is 0.151. The zero-order chi connectivity index (χ0) is 36.5. The first-order chi connectivity index (χ1) is 23.3. The van der Waals surface area contributed by atoms with Crippen molar-refractivity contribution in [1.29, 1.82) is 0 Å². The Morgan fingerprint density at radius 3 is 0.612 bits per heavy atom. The van der Waals surface area contributed by atoms with Crippen molar-refractivity contribution in [1.82, 2.24) is 0 Å². The third kappa shape index (κ3) is 20.3. The molecule has 0 saturated heterocycles. The summed E-state index contributed by atoms with van der Waals surface area (Å²) in [6.45, 7) is 4.23. The molecule has 0 amide bonds. The van der Waals surface area contributed by atoms with Gasteiger partial charge in [-0.2, -0.15) is 0 Å². The number of rotatable bonds is 2. The molecule has 0 radical (unpaired) electrons. The van der Waals surface area contributed by atoms with Gasteiger partial charge in [0.15, 0.2) is 0 Å². The number of phenolic OH excluding ortho intramolecular Hbond substituents is 6. The van der Waals surface area contributed by atoms with Gasteiger partial charge < -0.3 is 45.3 Å². The van der Waals surface area contributed by atoms with E-state index in [1.54, 1.807) is 121 Å². The van der Waals surface area contributed by atoms with E-state index >= 15 is 0 Å². The van der Waals surface area contributed by atoms with E-state index in [-0.39, 0.29) is 16.9 Å². The van der Waals surface area contributed by atoms with Crippen LogP contribution in [0.5, 0.6) is 34.5 Å². The fourth-order valence-corrected chi connectivity index (χ4v) is 3.63. The second kappa shape index (κ2) is 23.7. The lowest BCUT2D eigenvalue weighted by Crippen LogP contribution is -2.18. The van der Waals surface area contributed by atoms with Crippen LogP contribution in [0.25, 0.3) is 0 Å². The van der Waals surface area contributed by atoms with Crippen molar-refractivity contribution in [3.05, 3.63) is 181 Å². The van der Waals surface area contributed by atoms with Gasteiger partial charge in [0.25, 0.3) is 0 Å². The lowest BCUT2D eigenvalue weighted by Gasteiger charge is -2.26. The van der Waals surface area contributed by atoms with Crippen LogP contribution in [-0.2, 0) is 5.41 Å². The van der Waals surface area contributed by atoms with E-state index in [9.17, 15) is 10.2 Å². The number of para-hydroxylation sites is 4. The van der Waals surface area contributed by atoms with E-state index in [1.165, 1.54) is 0 Å². The fraction of sp³-hybridized carbons (Fsp3) is 0.0769. The Morgan fingerprint density at radius 1 is 0.306 bits per heavy atom. The van der Waals surface area contributed by atoms with E-state index in [0.29, 0.717) is 23.0 Å². The first-order valence-electron chi connectivity index (χ1n) is 14.7. The summed E-state index contributed by atoms with van der Waals surface area (Å²) in [7, 11) is -2.62. The van der Waals surface area contributed by atoms with E-state index in [4.69, 9.17) is 35.1 Å². The highest BCUT2D eigenvalue weighted by molar-refractivity contribution is 7.38. The van der Waals surface area contributed by atoms with Crippen molar-refractivity contribution < 1.29 is 45.3 Å². The molecule has 6 rings (SSSR count). The van der Waals surface area contributed by atoms with Gasteiger partial charge in [0.2, 0.25) is 0 Å². The topological polar surface area (TPSA) is 182 Å². The average molecular weight is 687 g/mol. The Balaban J connectivity index is 0.000000317. The van der Waals surface area contributed by atoms with E-state index in [0.717, 1.165) is 11.1 Å². The molecule has 9 nitrogen and oxygen atoms in total. The maximum Gasteiger partial charge on any atom is 0.324 e. The molecule has 0 saturated carbocycles. The van der Waals surface area contributed by atoms with Crippen molar-refractivity contribution in [3.8, 4) is 34.5 Å². The largest absolute Gasteiger partial charge is 0.508 e. The summed E-state index contributed by atoms with van der Waals surface area (Å²) in [5, 5.41) is 53.1. The van der Waals surface area contributed by atoms with Crippen molar-refractivity contribution >= 4 is 8.60 Å². The Labute approximate surface area is 288 Å². The summed E-state index contributed by atoms with van der Waals surface area (Å²) in [5.41, 5.74) is 2.10. The standard InChI is InChI=1S/C15H16O2.4C6H6O.H3O3P/c1-15(2,11-3-7-13(16)8-4-11)12-5-9-14(17)10-6-12;4*7-6-4-2-1-3-5-6;1-4(2)3/h3-10,16-17H,1-2H3;4*1-5,7H;1-3H. The molecule has 0 aliphatic heterocycles. The zero-order valence-corrected chi connectivity index (χ0v) is 28.0. The van der Waals surface area contributed by atoms with Gasteiger partial charge in [0.1, 0.15) is 34.5 Å². The molecule has 0 unspecified atom stereocenters. The van der Waals surface area contributed by atoms with Crippen LogP contribution in [-0.4, -0.2) is 45.3 Å². The molecule has 0 fully saturated rings. The van der Waals surface area contributed by atoms with Crippen LogP contribution in [0, 0.1) is 0 Å². The molecule has 6 aromatic carbocycles. The summed E-state index contributed by atoms with van der Waals surface area (Å²) in [6, 6.07) is 49.3. The molecule has 0 aliphatic carbocycles. The third-order valence-corrected chi connectivity index (χ3v) is 6.20. The predicted molar refractivity (Wildman–Crippen MR) is 194 cm³/mol. The minimum atomic E-state index is -2.62. The van der Waals surface area contributed by atoms with Crippen molar-refractivity contribution in [2.45, 2.75) is 19.3 Å². The highest BCUT2D eigenvalue weighted by Crippen LogP contribution is 2.32. The molecule has 0 aromatic heterocycles. The van der Waals surface area contributed by atoms with Gasteiger partial charge in [-0.3, -0.25) is 0 Å². The predicted octanol–water partition coefficient (Wildman–Crippen LogP) is 8.18. The highest BCUT2D eigenvalue weighted by Gasteiger charge is 2.22. The summed E-state index contributed by atoms with van der Waals surface area (Å²) in [5.74, 6) is 1.83. The Kier molecular flexibility index (Phi) is 20.1. The minimum Gasteiger partial charge on any atom is -0.508 e. The number of hydrogen-bond donors (Lipinski definition) is 9. The molecule has 6 aromatic rings. The molecule has 0 atom stereocenters. The first-order valence-corrected chi connectivity index (χ1v) is 15.9. The molecule has 258 valence electrons. The number of hydrogen-bond acceptors (Lipinski definition) is 9. The summed E-state index contributed by atoms with van der Waals surface area (Å²) >= 11 is 0. The van der Waals surface area contributed by atoms with Gasteiger partial charge >= 0.3 is 8.60 Å². The molecule has 0 spiro atoms. The van der Waals surface area contributed by atoms with E-state index < -0.39 is 8.60 Å². The molecule has 0 bridgehead atoms.